The SMILES string of the molecule is CN(C)c1ncccc1C(=O)Nc1ccc(Cl)cn1. The zero-order valence-corrected chi connectivity index (χ0v) is 11.3. The summed E-state index contributed by atoms with van der Waals surface area (Å²) in [5.41, 5.74) is 0.490. The van der Waals surface area contributed by atoms with E-state index in [1.807, 2.05) is 14.1 Å². The zero-order chi connectivity index (χ0) is 13.8. The van der Waals surface area contributed by atoms with Crippen LogP contribution in [0.2, 0.25) is 5.02 Å². The van der Waals surface area contributed by atoms with Gasteiger partial charge in [0.05, 0.1) is 10.6 Å². The fourth-order valence-corrected chi connectivity index (χ4v) is 1.68. The van der Waals surface area contributed by atoms with Gasteiger partial charge in [-0.25, -0.2) is 9.97 Å². The maximum absolute atomic E-state index is 12.2. The van der Waals surface area contributed by atoms with E-state index in [1.54, 1.807) is 35.4 Å². The van der Waals surface area contributed by atoms with Crippen LogP contribution in [0.25, 0.3) is 0 Å². The van der Waals surface area contributed by atoms with E-state index < -0.39 is 0 Å². The minimum atomic E-state index is -0.258. The quantitative estimate of drug-likeness (QED) is 0.935. The maximum atomic E-state index is 12.2. The summed E-state index contributed by atoms with van der Waals surface area (Å²) in [6.07, 6.45) is 3.12. The predicted molar refractivity (Wildman–Crippen MR) is 75.8 cm³/mol. The smallest absolute Gasteiger partial charge is 0.260 e. The Kier molecular flexibility index (Phi) is 3.97. The standard InChI is InChI=1S/C13H13ClN4O/c1-18(2)12-10(4-3-7-15-12)13(19)17-11-6-5-9(14)8-16-11/h3-8H,1-2H3,(H,16,17,19). The third-order valence-electron chi connectivity index (χ3n) is 2.42. The molecule has 6 heteroatoms. The number of nitrogens with one attached hydrogen (secondary N) is 1. The molecule has 0 fully saturated rings. The molecule has 2 aromatic heterocycles. The van der Waals surface area contributed by atoms with Crippen molar-refractivity contribution < 1.29 is 4.79 Å². The van der Waals surface area contributed by atoms with E-state index in [0.717, 1.165) is 0 Å². The molecule has 0 bridgehead atoms. The van der Waals surface area contributed by atoms with E-state index in [0.29, 0.717) is 22.2 Å². The minimum Gasteiger partial charge on any atom is -0.362 e. The third-order valence-corrected chi connectivity index (χ3v) is 2.65. The highest BCUT2D eigenvalue weighted by Gasteiger charge is 2.14. The van der Waals surface area contributed by atoms with Gasteiger partial charge >= 0.3 is 0 Å². The fourth-order valence-electron chi connectivity index (χ4n) is 1.56. The van der Waals surface area contributed by atoms with Gasteiger partial charge in [-0.1, -0.05) is 11.6 Å². The largest absolute Gasteiger partial charge is 0.362 e. The molecular formula is C13H13ClN4O. The normalized spacial score (nSPS) is 10.1. The second-order valence-corrected chi connectivity index (χ2v) is 4.52. The number of hydrogen-bond donors (Lipinski definition) is 1. The van der Waals surface area contributed by atoms with Crippen molar-refractivity contribution in [1.29, 1.82) is 0 Å². The van der Waals surface area contributed by atoms with Crippen molar-refractivity contribution in [2.75, 3.05) is 24.3 Å². The zero-order valence-electron chi connectivity index (χ0n) is 10.6. The number of anilines is 2. The van der Waals surface area contributed by atoms with Crippen LogP contribution in [0.5, 0.6) is 0 Å². The second kappa shape index (κ2) is 5.67. The maximum Gasteiger partial charge on any atom is 0.260 e. The van der Waals surface area contributed by atoms with Crippen LogP contribution in [0.4, 0.5) is 11.6 Å². The summed E-state index contributed by atoms with van der Waals surface area (Å²) in [5.74, 6) is 0.795. The second-order valence-electron chi connectivity index (χ2n) is 4.08. The van der Waals surface area contributed by atoms with Crippen molar-refractivity contribution in [1.82, 2.24) is 9.97 Å². The molecule has 0 aliphatic rings. The first-order chi connectivity index (χ1) is 9.08. The number of hydrogen-bond acceptors (Lipinski definition) is 4. The third kappa shape index (κ3) is 3.20. The Bertz CT molecular complexity index is 583. The van der Waals surface area contributed by atoms with Gasteiger partial charge in [-0.05, 0) is 24.3 Å². The Labute approximate surface area is 116 Å². The van der Waals surface area contributed by atoms with Crippen LogP contribution in [0.3, 0.4) is 0 Å². The summed E-state index contributed by atoms with van der Waals surface area (Å²) in [6, 6.07) is 6.75. The van der Waals surface area contributed by atoms with Crippen molar-refractivity contribution in [2.45, 2.75) is 0 Å². The number of nitrogens with zero attached hydrogens (tertiary/aromatic N) is 3. The average molecular weight is 277 g/mol. The van der Waals surface area contributed by atoms with E-state index in [4.69, 9.17) is 11.6 Å². The van der Waals surface area contributed by atoms with E-state index >= 15 is 0 Å². The molecule has 0 aliphatic heterocycles. The van der Waals surface area contributed by atoms with Crippen LogP contribution in [0, 0.1) is 0 Å². The molecule has 0 unspecified atom stereocenters. The molecule has 5 nitrogen and oxygen atoms in total. The molecule has 1 N–H and O–H groups in total. The molecule has 2 aromatic rings. The molecular weight excluding hydrogens is 264 g/mol. The molecule has 2 heterocycles. The Balaban J connectivity index is 2.23. The van der Waals surface area contributed by atoms with Crippen LogP contribution >= 0.6 is 11.6 Å². The number of amides is 1. The number of rotatable bonds is 3. The number of carbonyl (C=O) groups excluding carboxylic acids is 1. The molecule has 0 aromatic carbocycles. The fraction of sp³-hybridized carbons (Fsp3) is 0.154. The van der Waals surface area contributed by atoms with E-state index in [2.05, 4.69) is 15.3 Å². The first-order valence-corrected chi connectivity index (χ1v) is 6.01. The lowest BCUT2D eigenvalue weighted by Gasteiger charge is -2.15. The molecule has 2 rings (SSSR count). The first-order valence-electron chi connectivity index (χ1n) is 5.63. The van der Waals surface area contributed by atoms with E-state index in [-0.39, 0.29) is 5.91 Å². The topological polar surface area (TPSA) is 58.1 Å². The van der Waals surface area contributed by atoms with Crippen LogP contribution in [-0.4, -0.2) is 30.0 Å². The lowest BCUT2D eigenvalue weighted by Crippen LogP contribution is -2.20. The lowest BCUT2D eigenvalue weighted by atomic mass is 10.2. The number of pyridine rings is 2. The first kappa shape index (κ1) is 13.3. The van der Waals surface area contributed by atoms with Gasteiger partial charge < -0.3 is 10.2 Å². The highest BCUT2D eigenvalue weighted by Crippen LogP contribution is 2.16. The van der Waals surface area contributed by atoms with Gasteiger partial charge in [-0.2, -0.15) is 0 Å². The van der Waals surface area contributed by atoms with Crippen molar-refractivity contribution in [3.8, 4) is 0 Å². The summed E-state index contributed by atoms with van der Waals surface area (Å²) in [5, 5.41) is 3.23. The van der Waals surface area contributed by atoms with E-state index in [1.165, 1.54) is 6.20 Å². The number of halogens is 1. The Morgan fingerprint density at radius 3 is 2.68 bits per heavy atom. The van der Waals surface area contributed by atoms with Crippen LogP contribution in [-0.2, 0) is 0 Å². The molecule has 0 saturated carbocycles. The van der Waals surface area contributed by atoms with Crippen LogP contribution in [0.15, 0.2) is 36.7 Å². The van der Waals surface area contributed by atoms with Gasteiger partial charge in [0.2, 0.25) is 0 Å². The van der Waals surface area contributed by atoms with Crippen molar-refractivity contribution in [3.63, 3.8) is 0 Å². The average Bonchev–Trinajstić information content (AvgIpc) is 2.41. The predicted octanol–water partition coefficient (Wildman–Crippen LogP) is 2.45. The molecule has 0 atom stereocenters. The monoisotopic (exact) mass is 276 g/mol. The molecule has 19 heavy (non-hydrogen) atoms. The van der Waals surface area contributed by atoms with E-state index in [9.17, 15) is 4.79 Å². The Hall–Kier alpha value is -2.14. The molecule has 0 spiro atoms. The highest BCUT2D eigenvalue weighted by molar-refractivity contribution is 6.30. The van der Waals surface area contributed by atoms with Crippen LogP contribution < -0.4 is 10.2 Å². The Morgan fingerprint density at radius 1 is 1.26 bits per heavy atom. The molecule has 0 radical (unpaired) electrons. The van der Waals surface area contributed by atoms with Gasteiger partial charge in [-0.15, -0.1) is 0 Å². The number of aromatic nitrogens is 2. The molecule has 98 valence electrons. The van der Waals surface area contributed by atoms with Crippen molar-refractivity contribution >= 4 is 29.1 Å². The minimum absolute atomic E-state index is 0.258. The Morgan fingerprint density at radius 2 is 2.05 bits per heavy atom. The summed E-state index contributed by atoms with van der Waals surface area (Å²) in [4.78, 5) is 22.2. The molecule has 1 amide bonds. The van der Waals surface area contributed by atoms with Crippen molar-refractivity contribution in [3.05, 3.63) is 47.2 Å². The van der Waals surface area contributed by atoms with Gasteiger partial charge in [-0.3, -0.25) is 4.79 Å². The summed E-state index contributed by atoms with van der Waals surface area (Å²) >= 11 is 5.74. The van der Waals surface area contributed by atoms with Crippen LogP contribution in [0.1, 0.15) is 10.4 Å². The van der Waals surface area contributed by atoms with Gasteiger partial charge in [0, 0.05) is 26.5 Å². The summed E-state index contributed by atoms with van der Waals surface area (Å²) in [7, 11) is 3.67. The molecule has 0 saturated heterocycles. The summed E-state index contributed by atoms with van der Waals surface area (Å²) < 4.78 is 0. The number of carbonyl (C=O) groups is 1. The van der Waals surface area contributed by atoms with Gasteiger partial charge in [0.1, 0.15) is 11.6 Å². The molecule has 0 aliphatic carbocycles. The van der Waals surface area contributed by atoms with Gasteiger partial charge in [0.15, 0.2) is 0 Å². The summed E-state index contributed by atoms with van der Waals surface area (Å²) in [6.45, 7) is 0. The lowest BCUT2D eigenvalue weighted by molar-refractivity contribution is 0.102. The van der Waals surface area contributed by atoms with Gasteiger partial charge in [0.25, 0.3) is 5.91 Å². The van der Waals surface area contributed by atoms with Crippen molar-refractivity contribution in [2.24, 2.45) is 0 Å². The highest BCUT2D eigenvalue weighted by atomic mass is 35.5.